The van der Waals surface area contributed by atoms with Gasteiger partial charge < -0.3 is 20.1 Å². The Labute approximate surface area is 195 Å². The minimum absolute atomic E-state index is 0.127. The number of carbonyl (C=O) groups is 1. The molecule has 0 fully saturated rings. The normalized spacial score (nSPS) is 10.5. The summed E-state index contributed by atoms with van der Waals surface area (Å²) in [4.78, 5) is 12.2. The predicted octanol–water partition coefficient (Wildman–Crippen LogP) is 6.44. The summed E-state index contributed by atoms with van der Waals surface area (Å²) in [5.41, 5.74) is 3.93. The molecule has 3 aromatic carbocycles. The van der Waals surface area contributed by atoms with Gasteiger partial charge in [-0.1, -0.05) is 33.6 Å². The van der Waals surface area contributed by atoms with E-state index in [1.807, 2.05) is 37.3 Å². The highest BCUT2D eigenvalue weighted by molar-refractivity contribution is 9.10. The third-order valence-corrected chi connectivity index (χ3v) is 5.21. The van der Waals surface area contributed by atoms with Crippen LogP contribution in [0.5, 0.6) is 11.5 Å². The molecule has 0 radical (unpaired) electrons. The lowest BCUT2D eigenvalue weighted by Crippen LogP contribution is -2.20. The molecule has 3 aromatic rings. The van der Waals surface area contributed by atoms with Crippen molar-refractivity contribution in [2.45, 2.75) is 20.4 Å². The molecule has 0 aliphatic rings. The first-order chi connectivity index (χ1) is 14.9. The average molecular weight is 504 g/mol. The molecule has 0 saturated heterocycles. The average Bonchev–Trinajstić information content (AvgIpc) is 2.74. The van der Waals surface area contributed by atoms with Gasteiger partial charge in [0, 0.05) is 27.4 Å². The fraction of sp³-hybridized carbons (Fsp3) is 0.208. The number of nitrogens with one attached hydrogen (secondary N) is 2. The molecule has 0 aliphatic carbocycles. The minimum atomic E-state index is -0.263. The second-order valence-electron chi connectivity index (χ2n) is 6.87. The van der Waals surface area contributed by atoms with E-state index in [-0.39, 0.29) is 12.5 Å². The van der Waals surface area contributed by atoms with Gasteiger partial charge in [-0.25, -0.2) is 0 Å². The maximum atomic E-state index is 12.2. The Hall–Kier alpha value is -2.70. The molecule has 0 heterocycles. The van der Waals surface area contributed by atoms with Crippen molar-refractivity contribution < 1.29 is 14.3 Å². The first kappa shape index (κ1) is 23.0. The number of hydrogen-bond acceptors (Lipinski definition) is 4. The van der Waals surface area contributed by atoms with Crippen LogP contribution in [0.1, 0.15) is 18.1 Å². The zero-order chi connectivity index (χ0) is 22.2. The number of amides is 1. The van der Waals surface area contributed by atoms with Gasteiger partial charge in [0.05, 0.1) is 6.61 Å². The topological polar surface area (TPSA) is 59.6 Å². The van der Waals surface area contributed by atoms with Gasteiger partial charge in [0.15, 0.2) is 18.1 Å². The quantitative estimate of drug-likeness (QED) is 0.353. The fourth-order valence-electron chi connectivity index (χ4n) is 2.95. The number of ether oxygens (including phenoxy) is 2. The van der Waals surface area contributed by atoms with Crippen molar-refractivity contribution in [1.82, 2.24) is 0 Å². The van der Waals surface area contributed by atoms with E-state index in [0.717, 1.165) is 21.3 Å². The Kier molecular flexibility index (Phi) is 8.20. The van der Waals surface area contributed by atoms with Crippen molar-refractivity contribution in [2.75, 3.05) is 23.8 Å². The van der Waals surface area contributed by atoms with E-state index in [1.165, 1.54) is 0 Å². The second kappa shape index (κ2) is 11.1. The van der Waals surface area contributed by atoms with E-state index in [1.54, 1.807) is 24.3 Å². The maximum absolute atomic E-state index is 12.2. The zero-order valence-corrected chi connectivity index (χ0v) is 19.7. The number of carbonyl (C=O) groups excluding carboxylic acids is 1. The van der Waals surface area contributed by atoms with Crippen molar-refractivity contribution in [1.29, 1.82) is 0 Å². The number of halogens is 2. The van der Waals surface area contributed by atoms with E-state index in [0.29, 0.717) is 35.4 Å². The molecule has 2 N–H and O–H groups in total. The monoisotopic (exact) mass is 502 g/mol. The molecule has 0 bridgehead atoms. The van der Waals surface area contributed by atoms with E-state index in [4.69, 9.17) is 21.1 Å². The molecule has 162 valence electrons. The van der Waals surface area contributed by atoms with Crippen LogP contribution in [-0.2, 0) is 11.3 Å². The number of aryl methyl sites for hydroxylation is 1. The van der Waals surface area contributed by atoms with Crippen molar-refractivity contribution in [3.63, 3.8) is 0 Å². The fourth-order valence-corrected chi connectivity index (χ4v) is 3.55. The van der Waals surface area contributed by atoms with Gasteiger partial charge in [-0.05, 0) is 79.6 Å². The maximum Gasteiger partial charge on any atom is 0.262 e. The highest BCUT2D eigenvalue weighted by Gasteiger charge is 2.10. The summed E-state index contributed by atoms with van der Waals surface area (Å²) < 4.78 is 12.5. The van der Waals surface area contributed by atoms with E-state index in [2.05, 4.69) is 39.6 Å². The van der Waals surface area contributed by atoms with Crippen LogP contribution in [0.2, 0.25) is 5.02 Å². The van der Waals surface area contributed by atoms with Crippen LogP contribution in [0.25, 0.3) is 0 Å². The van der Waals surface area contributed by atoms with Crippen LogP contribution in [0.3, 0.4) is 0 Å². The van der Waals surface area contributed by atoms with Crippen LogP contribution >= 0.6 is 27.5 Å². The Balaban J connectivity index is 1.61. The lowest BCUT2D eigenvalue weighted by Gasteiger charge is -2.15. The van der Waals surface area contributed by atoms with Gasteiger partial charge in [-0.3, -0.25) is 4.79 Å². The summed E-state index contributed by atoms with van der Waals surface area (Å²) in [5, 5.41) is 6.82. The number of rotatable bonds is 9. The number of hydrogen-bond donors (Lipinski definition) is 2. The molecular formula is C24H24BrClN2O3. The lowest BCUT2D eigenvalue weighted by atomic mass is 10.1. The largest absolute Gasteiger partial charge is 0.490 e. The van der Waals surface area contributed by atoms with Gasteiger partial charge in [0.2, 0.25) is 0 Å². The molecule has 1 amide bonds. The van der Waals surface area contributed by atoms with Crippen LogP contribution < -0.4 is 20.1 Å². The summed E-state index contributed by atoms with van der Waals surface area (Å²) in [6, 6.07) is 18.7. The molecule has 0 unspecified atom stereocenters. The van der Waals surface area contributed by atoms with E-state index in [9.17, 15) is 4.79 Å². The molecule has 5 nitrogen and oxygen atoms in total. The Bertz CT molecular complexity index is 1040. The minimum Gasteiger partial charge on any atom is -0.490 e. The Morgan fingerprint density at radius 3 is 2.48 bits per heavy atom. The molecule has 31 heavy (non-hydrogen) atoms. The van der Waals surface area contributed by atoms with Gasteiger partial charge in [0.25, 0.3) is 5.91 Å². The standard InChI is InChI=1S/C24H24BrClN2O3/c1-3-30-23-13-17(14-27-21-10-5-18(25)12-16(21)2)4-11-22(23)31-15-24(29)28-20-8-6-19(26)7-9-20/h4-13,27H,3,14-15H2,1-2H3,(H,28,29). The molecule has 7 heteroatoms. The van der Waals surface area contributed by atoms with Crippen molar-refractivity contribution in [3.05, 3.63) is 81.3 Å². The summed E-state index contributed by atoms with van der Waals surface area (Å²) in [6.07, 6.45) is 0. The van der Waals surface area contributed by atoms with E-state index < -0.39 is 0 Å². The summed E-state index contributed by atoms with van der Waals surface area (Å²) in [7, 11) is 0. The molecule has 0 aromatic heterocycles. The van der Waals surface area contributed by atoms with E-state index >= 15 is 0 Å². The Morgan fingerprint density at radius 1 is 1.00 bits per heavy atom. The van der Waals surface area contributed by atoms with Crippen molar-refractivity contribution >= 4 is 44.8 Å². The third-order valence-electron chi connectivity index (χ3n) is 4.47. The number of benzene rings is 3. The first-order valence-corrected chi connectivity index (χ1v) is 11.1. The zero-order valence-electron chi connectivity index (χ0n) is 17.4. The molecule has 0 spiro atoms. The smallest absolute Gasteiger partial charge is 0.262 e. The lowest BCUT2D eigenvalue weighted by molar-refractivity contribution is -0.118. The highest BCUT2D eigenvalue weighted by Crippen LogP contribution is 2.29. The molecule has 0 aliphatic heterocycles. The van der Waals surface area contributed by atoms with Crippen LogP contribution in [0.15, 0.2) is 65.1 Å². The van der Waals surface area contributed by atoms with Crippen LogP contribution in [0.4, 0.5) is 11.4 Å². The summed E-state index contributed by atoms with van der Waals surface area (Å²) in [6.45, 7) is 4.98. The molecule has 3 rings (SSSR count). The molecular weight excluding hydrogens is 480 g/mol. The highest BCUT2D eigenvalue weighted by atomic mass is 79.9. The van der Waals surface area contributed by atoms with Gasteiger partial charge in [-0.15, -0.1) is 0 Å². The molecule has 0 saturated carbocycles. The van der Waals surface area contributed by atoms with Crippen molar-refractivity contribution in [3.8, 4) is 11.5 Å². The van der Waals surface area contributed by atoms with Gasteiger partial charge >= 0.3 is 0 Å². The predicted molar refractivity (Wildman–Crippen MR) is 129 cm³/mol. The summed E-state index contributed by atoms with van der Waals surface area (Å²) in [5.74, 6) is 0.867. The number of anilines is 2. The first-order valence-electron chi connectivity index (χ1n) is 9.88. The summed E-state index contributed by atoms with van der Waals surface area (Å²) >= 11 is 9.34. The SMILES string of the molecule is CCOc1cc(CNc2ccc(Br)cc2C)ccc1OCC(=O)Nc1ccc(Cl)cc1. The third kappa shape index (κ3) is 6.91. The van der Waals surface area contributed by atoms with Crippen LogP contribution in [0, 0.1) is 6.92 Å². The Morgan fingerprint density at radius 2 is 1.77 bits per heavy atom. The second-order valence-corrected chi connectivity index (χ2v) is 8.22. The van der Waals surface area contributed by atoms with Crippen molar-refractivity contribution in [2.24, 2.45) is 0 Å². The molecule has 0 atom stereocenters. The van der Waals surface area contributed by atoms with Gasteiger partial charge in [-0.2, -0.15) is 0 Å². The van der Waals surface area contributed by atoms with Crippen LogP contribution in [-0.4, -0.2) is 19.1 Å². The van der Waals surface area contributed by atoms with Gasteiger partial charge in [0.1, 0.15) is 0 Å².